The molecule has 1 saturated heterocycles. The number of carbonyl (C=O) groups is 1. The maximum absolute atomic E-state index is 12.4. The third kappa shape index (κ3) is 3.49. The van der Waals surface area contributed by atoms with Gasteiger partial charge in [0.15, 0.2) is 11.5 Å². The lowest BCUT2D eigenvalue weighted by atomic mass is 9.98. The van der Waals surface area contributed by atoms with Crippen molar-refractivity contribution in [2.75, 3.05) is 13.1 Å². The van der Waals surface area contributed by atoms with E-state index in [0.29, 0.717) is 12.5 Å². The van der Waals surface area contributed by atoms with E-state index in [-0.39, 0.29) is 18.0 Å². The maximum Gasteiger partial charge on any atom is 0.317 e. The highest BCUT2D eigenvalue weighted by Crippen LogP contribution is 2.29. The SMILES string of the molecule is CC(C)C(C)NC(=O)N1CCCC(c2nc3ccccc3o2)C1. The largest absolute Gasteiger partial charge is 0.440 e. The number of fused-ring (bicyclic) bond motifs is 1. The lowest BCUT2D eigenvalue weighted by Gasteiger charge is -2.32. The molecule has 0 spiro atoms. The van der Waals surface area contributed by atoms with Gasteiger partial charge in [0.1, 0.15) is 5.52 Å². The van der Waals surface area contributed by atoms with E-state index in [0.717, 1.165) is 36.4 Å². The zero-order valence-corrected chi connectivity index (χ0v) is 14.1. The number of nitrogens with zero attached hydrogens (tertiary/aromatic N) is 2. The van der Waals surface area contributed by atoms with Gasteiger partial charge in [0, 0.05) is 19.1 Å². The van der Waals surface area contributed by atoms with Gasteiger partial charge in [0.25, 0.3) is 0 Å². The summed E-state index contributed by atoms with van der Waals surface area (Å²) in [5.74, 6) is 1.36. The van der Waals surface area contributed by atoms with Crippen LogP contribution in [0.25, 0.3) is 11.1 Å². The van der Waals surface area contributed by atoms with Gasteiger partial charge in [-0.2, -0.15) is 0 Å². The van der Waals surface area contributed by atoms with Crippen molar-refractivity contribution in [2.45, 2.75) is 45.6 Å². The summed E-state index contributed by atoms with van der Waals surface area (Å²) in [5.41, 5.74) is 1.70. The molecule has 1 aliphatic heterocycles. The minimum atomic E-state index is 0.0204. The Bertz CT molecular complexity index is 647. The number of benzene rings is 1. The lowest BCUT2D eigenvalue weighted by Crippen LogP contribution is -2.48. The Hall–Kier alpha value is -2.04. The molecule has 1 aromatic carbocycles. The van der Waals surface area contributed by atoms with Crippen LogP contribution in [-0.2, 0) is 0 Å². The molecule has 2 amide bonds. The molecule has 0 aliphatic carbocycles. The summed E-state index contributed by atoms with van der Waals surface area (Å²) < 4.78 is 5.89. The van der Waals surface area contributed by atoms with Crippen molar-refractivity contribution in [1.29, 1.82) is 0 Å². The van der Waals surface area contributed by atoms with Crippen LogP contribution in [0.1, 0.15) is 45.4 Å². The van der Waals surface area contributed by atoms with Crippen LogP contribution in [-0.4, -0.2) is 35.0 Å². The van der Waals surface area contributed by atoms with Crippen LogP contribution in [0.5, 0.6) is 0 Å². The number of hydrogen-bond acceptors (Lipinski definition) is 3. The van der Waals surface area contributed by atoms with Gasteiger partial charge in [-0.3, -0.25) is 0 Å². The second-order valence-electron chi connectivity index (χ2n) is 6.79. The third-order valence-electron chi connectivity index (χ3n) is 4.72. The Labute approximate surface area is 137 Å². The van der Waals surface area contributed by atoms with Crippen LogP contribution in [0, 0.1) is 5.92 Å². The first-order valence-electron chi connectivity index (χ1n) is 8.45. The Morgan fingerprint density at radius 1 is 1.35 bits per heavy atom. The smallest absolute Gasteiger partial charge is 0.317 e. The lowest BCUT2D eigenvalue weighted by molar-refractivity contribution is 0.169. The second-order valence-corrected chi connectivity index (χ2v) is 6.79. The monoisotopic (exact) mass is 315 g/mol. The molecule has 23 heavy (non-hydrogen) atoms. The molecule has 1 aliphatic rings. The molecule has 0 radical (unpaired) electrons. The second kappa shape index (κ2) is 6.60. The van der Waals surface area contributed by atoms with Gasteiger partial charge in [0.05, 0.1) is 5.92 Å². The number of rotatable bonds is 3. The van der Waals surface area contributed by atoms with Gasteiger partial charge in [-0.15, -0.1) is 0 Å². The summed E-state index contributed by atoms with van der Waals surface area (Å²) in [6.07, 6.45) is 1.99. The third-order valence-corrected chi connectivity index (χ3v) is 4.72. The fourth-order valence-electron chi connectivity index (χ4n) is 2.88. The van der Waals surface area contributed by atoms with E-state index in [1.165, 1.54) is 0 Å². The van der Waals surface area contributed by atoms with E-state index < -0.39 is 0 Å². The molecule has 0 bridgehead atoms. The number of aromatic nitrogens is 1. The molecule has 2 atom stereocenters. The first-order valence-corrected chi connectivity index (χ1v) is 8.45. The van der Waals surface area contributed by atoms with Gasteiger partial charge in [-0.1, -0.05) is 26.0 Å². The molecule has 5 nitrogen and oxygen atoms in total. The van der Waals surface area contributed by atoms with Crippen LogP contribution in [0.15, 0.2) is 28.7 Å². The van der Waals surface area contributed by atoms with Gasteiger partial charge < -0.3 is 14.6 Å². The van der Waals surface area contributed by atoms with Crippen molar-refractivity contribution in [3.8, 4) is 0 Å². The summed E-state index contributed by atoms with van der Waals surface area (Å²) in [6.45, 7) is 7.74. The molecule has 1 N–H and O–H groups in total. The Balaban J connectivity index is 1.69. The van der Waals surface area contributed by atoms with E-state index >= 15 is 0 Å². The summed E-state index contributed by atoms with van der Waals surface area (Å²) >= 11 is 0. The van der Waals surface area contributed by atoms with Crippen molar-refractivity contribution in [2.24, 2.45) is 5.92 Å². The quantitative estimate of drug-likeness (QED) is 0.938. The van der Waals surface area contributed by atoms with Crippen LogP contribution >= 0.6 is 0 Å². The number of hydrogen-bond donors (Lipinski definition) is 1. The number of para-hydroxylation sites is 2. The van der Waals surface area contributed by atoms with E-state index in [2.05, 4.69) is 24.1 Å². The molecular formula is C18H25N3O2. The molecule has 124 valence electrons. The molecule has 1 fully saturated rings. The molecule has 2 aromatic rings. The average molecular weight is 315 g/mol. The maximum atomic E-state index is 12.4. The number of carbonyl (C=O) groups excluding carboxylic acids is 1. The van der Waals surface area contributed by atoms with Crippen LogP contribution in [0.4, 0.5) is 4.79 Å². The molecule has 0 saturated carbocycles. The zero-order chi connectivity index (χ0) is 16.4. The standard InChI is InChI=1S/C18H25N3O2/c1-12(2)13(3)19-18(22)21-10-6-7-14(11-21)17-20-15-8-4-5-9-16(15)23-17/h4-5,8-9,12-14H,6-7,10-11H2,1-3H3,(H,19,22). The van der Waals surface area contributed by atoms with Crippen molar-refractivity contribution in [3.63, 3.8) is 0 Å². The Kier molecular flexibility index (Phi) is 4.55. The van der Waals surface area contributed by atoms with E-state index in [9.17, 15) is 4.79 Å². The minimum Gasteiger partial charge on any atom is -0.440 e. The first-order chi connectivity index (χ1) is 11.0. The first kappa shape index (κ1) is 15.8. The van der Waals surface area contributed by atoms with E-state index in [1.807, 2.05) is 36.1 Å². The molecular weight excluding hydrogens is 290 g/mol. The van der Waals surface area contributed by atoms with Crippen molar-refractivity contribution in [1.82, 2.24) is 15.2 Å². The number of piperidine rings is 1. The molecule has 2 unspecified atom stereocenters. The van der Waals surface area contributed by atoms with E-state index in [1.54, 1.807) is 0 Å². The minimum absolute atomic E-state index is 0.0204. The Morgan fingerprint density at radius 3 is 2.87 bits per heavy atom. The Morgan fingerprint density at radius 2 is 2.13 bits per heavy atom. The van der Waals surface area contributed by atoms with Gasteiger partial charge >= 0.3 is 6.03 Å². The number of amides is 2. The van der Waals surface area contributed by atoms with Crippen molar-refractivity contribution >= 4 is 17.1 Å². The zero-order valence-electron chi connectivity index (χ0n) is 14.1. The van der Waals surface area contributed by atoms with E-state index in [4.69, 9.17) is 4.42 Å². The normalized spacial score (nSPS) is 20.0. The summed E-state index contributed by atoms with van der Waals surface area (Å²) in [7, 11) is 0. The highest BCUT2D eigenvalue weighted by atomic mass is 16.3. The summed E-state index contributed by atoms with van der Waals surface area (Å²) in [4.78, 5) is 18.9. The number of likely N-dealkylation sites (tertiary alicyclic amines) is 1. The highest BCUT2D eigenvalue weighted by Gasteiger charge is 2.28. The molecule has 1 aromatic heterocycles. The molecule has 2 heterocycles. The van der Waals surface area contributed by atoms with Crippen LogP contribution in [0.3, 0.4) is 0 Å². The molecule has 3 rings (SSSR count). The van der Waals surface area contributed by atoms with Crippen molar-refractivity contribution in [3.05, 3.63) is 30.2 Å². The number of urea groups is 1. The number of oxazole rings is 1. The topological polar surface area (TPSA) is 58.4 Å². The van der Waals surface area contributed by atoms with Crippen LogP contribution < -0.4 is 5.32 Å². The fourth-order valence-corrected chi connectivity index (χ4v) is 2.88. The highest BCUT2D eigenvalue weighted by molar-refractivity contribution is 5.75. The fraction of sp³-hybridized carbons (Fsp3) is 0.556. The summed E-state index contributed by atoms with van der Waals surface area (Å²) in [5, 5.41) is 3.08. The van der Waals surface area contributed by atoms with Crippen LogP contribution in [0.2, 0.25) is 0 Å². The van der Waals surface area contributed by atoms with Gasteiger partial charge in [0.2, 0.25) is 0 Å². The predicted octanol–water partition coefficient (Wildman–Crippen LogP) is 3.76. The average Bonchev–Trinajstić information content (AvgIpc) is 2.99. The van der Waals surface area contributed by atoms with Gasteiger partial charge in [-0.25, -0.2) is 9.78 Å². The van der Waals surface area contributed by atoms with Crippen molar-refractivity contribution < 1.29 is 9.21 Å². The van der Waals surface area contributed by atoms with Gasteiger partial charge in [-0.05, 0) is 37.8 Å². The number of nitrogens with one attached hydrogen (secondary N) is 1. The predicted molar refractivity (Wildman–Crippen MR) is 90.4 cm³/mol. The molecule has 5 heteroatoms. The summed E-state index contributed by atoms with van der Waals surface area (Å²) in [6, 6.07) is 8.00.